The van der Waals surface area contributed by atoms with Crippen molar-refractivity contribution in [2.75, 3.05) is 12.4 Å². The van der Waals surface area contributed by atoms with E-state index < -0.39 is 17.5 Å². The molecular formula is C15H14F3NO. The van der Waals surface area contributed by atoms with Crippen LogP contribution >= 0.6 is 0 Å². The SMILES string of the molecule is COc1cccc(CNc2cc(F)c(C)cc2F)c1F. The molecule has 1 N–H and O–H groups in total. The van der Waals surface area contributed by atoms with Crippen molar-refractivity contribution >= 4 is 5.69 Å². The van der Waals surface area contributed by atoms with Crippen LogP contribution < -0.4 is 10.1 Å². The topological polar surface area (TPSA) is 21.3 Å². The fourth-order valence-corrected chi connectivity index (χ4v) is 1.82. The number of hydrogen-bond donors (Lipinski definition) is 1. The van der Waals surface area contributed by atoms with Crippen LogP contribution in [0.3, 0.4) is 0 Å². The lowest BCUT2D eigenvalue weighted by molar-refractivity contribution is 0.384. The maximum atomic E-state index is 13.9. The Morgan fingerprint density at radius 2 is 1.85 bits per heavy atom. The smallest absolute Gasteiger partial charge is 0.170 e. The largest absolute Gasteiger partial charge is 0.494 e. The number of anilines is 1. The number of methoxy groups -OCH3 is 1. The normalized spacial score (nSPS) is 10.4. The van der Waals surface area contributed by atoms with Gasteiger partial charge in [-0.2, -0.15) is 0 Å². The molecule has 0 saturated heterocycles. The van der Waals surface area contributed by atoms with Crippen molar-refractivity contribution in [3.05, 3.63) is 58.9 Å². The molecule has 0 aliphatic heterocycles. The van der Waals surface area contributed by atoms with Crippen molar-refractivity contribution in [2.24, 2.45) is 0 Å². The number of benzene rings is 2. The minimum absolute atomic E-state index is 0.00433. The van der Waals surface area contributed by atoms with E-state index in [0.29, 0.717) is 5.56 Å². The van der Waals surface area contributed by atoms with E-state index in [-0.39, 0.29) is 23.5 Å². The molecule has 2 aromatic carbocycles. The summed E-state index contributed by atoms with van der Waals surface area (Å²) in [5.74, 6) is -1.50. The molecule has 106 valence electrons. The van der Waals surface area contributed by atoms with Crippen molar-refractivity contribution in [1.29, 1.82) is 0 Å². The lowest BCUT2D eigenvalue weighted by Crippen LogP contribution is -2.05. The van der Waals surface area contributed by atoms with Crippen LogP contribution in [-0.4, -0.2) is 7.11 Å². The molecule has 2 aromatic rings. The predicted octanol–water partition coefficient (Wildman–Crippen LogP) is 4.03. The number of nitrogens with one attached hydrogen (secondary N) is 1. The predicted molar refractivity (Wildman–Crippen MR) is 71.4 cm³/mol. The van der Waals surface area contributed by atoms with Crippen molar-refractivity contribution in [3.8, 4) is 5.75 Å². The first-order valence-corrected chi connectivity index (χ1v) is 6.04. The lowest BCUT2D eigenvalue weighted by Gasteiger charge is -2.11. The third kappa shape index (κ3) is 2.87. The van der Waals surface area contributed by atoms with Crippen LogP contribution in [-0.2, 0) is 6.54 Å². The fraction of sp³-hybridized carbons (Fsp3) is 0.200. The Kier molecular flexibility index (Phi) is 4.17. The van der Waals surface area contributed by atoms with Crippen LogP contribution in [0.25, 0.3) is 0 Å². The Morgan fingerprint density at radius 1 is 1.10 bits per heavy atom. The average Bonchev–Trinajstić information content (AvgIpc) is 2.43. The number of halogens is 3. The highest BCUT2D eigenvalue weighted by molar-refractivity contribution is 5.47. The van der Waals surface area contributed by atoms with Crippen LogP contribution in [0.4, 0.5) is 18.9 Å². The molecule has 0 aromatic heterocycles. The van der Waals surface area contributed by atoms with Gasteiger partial charge >= 0.3 is 0 Å². The highest BCUT2D eigenvalue weighted by atomic mass is 19.1. The highest BCUT2D eigenvalue weighted by Gasteiger charge is 2.10. The van der Waals surface area contributed by atoms with Gasteiger partial charge in [0.05, 0.1) is 12.8 Å². The van der Waals surface area contributed by atoms with E-state index >= 15 is 0 Å². The second-order valence-corrected chi connectivity index (χ2v) is 4.37. The van der Waals surface area contributed by atoms with Crippen molar-refractivity contribution in [1.82, 2.24) is 0 Å². The molecule has 2 nitrogen and oxygen atoms in total. The quantitative estimate of drug-likeness (QED) is 0.913. The fourth-order valence-electron chi connectivity index (χ4n) is 1.82. The minimum Gasteiger partial charge on any atom is -0.494 e. The molecule has 0 aliphatic carbocycles. The van der Waals surface area contributed by atoms with Crippen molar-refractivity contribution in [2.45, 2.75) is 13.5 Å². The summed E-state index contributed by atoms with van der Waals surface area (Å²) in [6, 6.07) is 6.83. The Balaban J connectivity index is 2.19. The van der Waals surface area contributed by atoms with Crippen LogP contribution in [0.15, 0.2) is 30.3 Å². The summed E-state index contributed by atoms with van der Waals surface area (Å²) in [7, 11) is 1.37. The summed E-state index contributed by atoms with van der Waals surface area (Å²) in [4.78, 5) is 0. The van der Waals surface area contributed by atoms with E-state index in [0.717, 1.165) is 12.1 Å². The molecule has 0 bridgehead atoms. The standard InChI is InChI=1S/C15H14F3NO/c1-9-6-12(17)13(7-11(9)16)19-8-10-4-3-5-14(20-2)15(10)18/h3-7,19H,8H2,1-2H3. The summed E-state index contributed by atoms with van der Waals surface area (Å²) >= 11 is 0. The summed E-state index contributed by atoms with van der Waals surface area (Å²) in [5.41, 5.74) is 0.528. The second kappa shape index (κ2) is 5.86. The van der Waals surface area contributed by atoms with Crippen LogP contribution in [0.2, 0.25) is 0 Å². The first-order valence-electron chi connectivity index (χ1n) is 6.04. The maximum absolute atomic E-state index is 13.9. The van der Waals surface area contributed by atoms with E-state index in [2.05, 4.69) is 5.32 Å². The second-order valence-electron chi connectivity index (χ2n) is 4.37. The van der Waals surface area contributed by atoms with Crippen LogP contribution in [0.5, 0.6) is 5.75 Å². The number of ether oxygens (including phenoxy) is 1. The number of rotatable bonds is 4. The van der Waals surface area contributed by atoms with E-state index in [1.165, 1.54) is 20.1 Å². The molecule has 0 aliphatic rings. The van der Waals surface area contributed by atoms with E-state index in [1.807, 2.05) is 0 Å². The van der Waals surface area contributed by atoms with Gasteiger partial charge in [0, 0.05) is 18.2 Å². The first kappa shape index (κ1) is 14.2. The van der Waals surface area contributed by atoms with Gasteiger partial charge in [0.2, 0.25) is 0 Å². The van der Waals surface area contributed by atoms with E-state index in [1.54, 1.807) is 12.1 Å². The van der Waals surface area contributed by atoms with E-state index in [4.69, 9.17) is 4.74 Å². The maximum Gasteiger partial charge on any atom is 0.170 e. The summed E-state index contributed by atoms with van der Waals surface area (Å²) in [5, 5.41) is 2.68. The van der Waals surface area contributed by atoms with Crippen molar-refractivity contribution < 1.29 is 17.9 Å². The molecule has 0 spiro atoms. The molecule has 0 saturated carbocycles. The summed E-state index contributed by atoms with van der Waals surface area (Å²) < 4.78 is 45.8. The minimum atomic E-state index is -0.577. The zero-order valence-corrected chi connectivity index (χ0v) is 11.1. The lowest BCUT2D eigenvalue weighted by atomic mass is 10.1. The molecule has 0 amide bonds. The molecule has 0 fully saturated rings. The van der Waals surface area contributed by atoms with Gasteiger partial charge in [0.1, 0.15) is 11.6 Å². The molecule has 0 atom stereocenters. The zero-order chi connectivity index (χ0) is 14.7. The van der Waals surface area contributed by atoms with Gasteiger partial charge in [-0.05, 0) is 24.6 Å². The van der Waals surface area contributed by atoms with Crippen LogP contribution in [0, 0.1) is 24.4 Å². The molecule has 0 radical (unpaired) electrons. The number of hydrogen-bond acceptors (Lipinski definition) is 2. The Hall–Kier alpha value is -2.17. The molecule has 20 heavy (non-hydrogen) atoms. The molecule has 0 heterocycles. The van der Waals surface area contributed by atoms with Gasteiger partial charge in [0.25, 0.3) is 0 Å². The summed E-state index contributed by atoms with van der Waals surface area (Å²) in [6.45, 7) is 1.51. The van der Waals surface area contributed by atoms with Crippen LogP contribution in [0.1, 0.15) is 11.1 Å². The number of aryl methyl sites for hydroxylation is 1. The van der Waals surface area contributed by atoms with Gasteiger partial charge in [-0.15, -0.1) is 0 Å². The van der Waals surface area contributed by atoms with Gasteiger partial charge in [-0.25, -0.2) is 13.2 Å². The Labute approximate surface area is 115 Å². The average molecular weight is 281 g/mol. The molecule has 0 unspecified atom stereocenters. The van der Waals surface area contributed by atoms with Gasteiger partial charge in [-0.1, -0.05) is 12.1 Å². The zero-order valence-electron chi connectivity index (χ0n) is 11.1. The highest BCUT2D eigenvalue weighted by Crippen LogP contribution is 2.23. The summed E-state index contributed by atoms with van der Waals surface area (Å²) in [6.07, 6.45) is 0. The van der Waals surface area contributed by atoms with Gasteiger partial charge in [-0.3, -0.25) is 0 Å². The monoisotopic (exact) mass is 281 g/mol. The Morgan fingerprint density at radius 3 is 2.55 bits per heavy atom. The van der Waals surface area contributed by atoms with Gasteiger partial charge < -0.3 is 10.1 Å². The first-order chi connectivity index (χ1) is 9.52. The molecule has 2 rings (SSSR count). The third-order valence-corrected chi connectivity index (χ3v) is 2.98. The molecular weight excluding hydrogens is 267 g/mol. The third-order valence-electron chi connectivity index (χ3n) is 2.98. The molecule has 5 heteroatoms. The van der Waals surface area contributed by atoms with Gasteiger partial charge in [0.15, 0.2) is 11.6 Å². The Bertz CT molecular complexity index is 629. The van der Waals surface area contributed by atoms with E-state index in [9.17, 15) is 13.2 Å². The van der Waals surface area contributed by atoms with Crippen molar-refractivity contribution in [3.63, 3.8) is 0 Å².